The van der Waals surface area contributed by atoms with Crippen molar-refractivity contribution in [2.24, 2.45) is 5.41 Å². The SMILES string of the molecule is CC(=O)C1(C(=O)O)C=C1c1ccccc1. The molecular weight excluding hydrogens is 192 g/mol. The summed E-state index contributed by atoms with van der Waals surface area (Å²) in [6, 6.07) is 9.10. The molecule has 1 aromatic carbocycles. The summed E-state index contributed by atoms with van der Waals surface area (Å²) in [4.78, 5) is 22.4. The fourth-order valence-electron chi connectivity index (χ4n) is 1.73. The third-order valence-electron chi connectivity index (χ3n) is 2.68. The molecule has 1 N–H and O–H groups in total. The van der Waals surface area contributed by atoms with Gasteiger partial charge in [0.05, 0.1) is 0 Å². The van der Waals surface area contributed by atoms with Gasteiger partial charge >= 0.3 is 5.97 Å². The molecular formula is C12H10O3. The molecule has 0 spiro atoms. The second kappa shape index (κ2) is 3.05. The lowest BCUT2D eigenvalue weighted by Gasteiger charge is -2.08. The Morgan fingerprint density at radius 3 is 2.20 bits per heavy atom. The minimum atomic E-state index is -1.36. The van der Waals surface area contributed by atoms with Gasteiger partial charge in [-0.25, -0.2) is 0 Å². The van der Waals surface area contributed by atoms with Crippen molar-refractivity contribution in [2.45, 2.75) is 6.92 Å². The van der Waals surface area contributed by atoms with Crippen LogP contribution in [0.25, 0.3) is 5.57 Å². The highest BCUT2D eigenvalue weighted by Crippen LogP contribution is 2.51. The molecule has 1 aromatic rings. The monoisotopic (exact) mass is 202 g/mol. The van der Waals surface area contributed by atoms with Crippen molar-refractivity contribution in [3.05, 3.63) is 42.0 Å². The topological polar surface area (TPSA) is 54.4 Å². The molecule has 1 atom stereocenters. The molecule has 0 fully saturated rings. The third-order valence-corrected chi connectivity index (χ3v) is 2.68. The minimum Gasteiger partial charge on any atom is -0.480 e. The molecule has 3 heteroatoms. The van der Waals surface area contributed by atoms with Crippen LogP contribution >= 0.6 is 0 Å². The van der Waals surface area contributed by atoms with E-state index in [1.54, 1.807) is 12.1 Å². The fraction of sp³-hybridized carbons (Fsp3) is 0.167. The Hall–Kier alpha value is -1.90. The van der Waals surface area contributed by atoms with Gasteiger partial charge in [-0.15, -0.1) is 0 Å². The summed E-state index contributed by atoms with van der Waals surface area (Å²) in [5, 5.41) is 9.03. The van der Waals surface area contributed by atoms with Crippen LogP contribution in [0.2, 0.25) is 0 Å². The number of carbonyl (C=O) groups excluding carboxylic acids is 1. The van der Waals surface area contributed by atoms with Crippen molar-refractivity contribution in [1.82, 2.24) is 0 Å². The summed E-state index contributed by atoms with van der Waals surface area (Å²) in [5.74, 6) is -1.43. The van der Waals surface area contributed by atoms with E-state index in [0.29, 0.717) is 5.57 Å². The third kappa shape index (κ3) is 1.28. The zero-order valence-corrected chi connectivity index (χ0v) is 8.23. The first-order chi connectivity index (χ1) is 7.09. The van der Waals surface area contributed by atoms with Crippen LogP contribution in [0.1, 0.15) is 12.5 Å². The van der Waals surface area contributed by atoms with Crippen LogP contribution in [0.4, 0.5) is 0 Å². The molecule has 0 aromatic heterocycles. The summed E-state index contributed by atoms with van der Waals surface area (Å²) in [7, 11) is 0. The number of benzene rings is 1. The normalized spacial score (nSPS) is 23.1. The number of Topliss-reactive ketones (excluding diaryl/α,β-unsaturated/α-hetero) is 1. The molecule has 1 unspecified atom stereocenters. The van der Waals surface area contributed by atoms with Gasteiger partial charge in [0.15, 0.2) is 11.2 Å². The van der Waals surface area contributed by atoms with Crippen LogP contribution in [0.5, 0.6) is 0 Å². The van der Waals surface area contributed by atoms with Crippen molar-refractivity contribution < 1.29 is 14.7 Å². The van der Waals surface area contributed by atoms with E-state index >= 15 is 0 Å². The highest BCUT2D eigenvalue weighted by atomic mass is 16.4. The van der Waals surface area contributed by atoms with Gasteiger partial charge in [-0.2, -0.15) is 0 Å². The van der Waals surface area contributed by atoms with Gasteiger partial charge in [-0.1, -0.05) is 30.3 Å². The lowest BCUT2D eigenvalue weighted by molar-refractivity contribution is -0.145. The Morgan fingerprint density at radius 1 is 1.20 bits per heavy atom. The number of rotatable bonds is 3. The molecule has 3 nitrogen and oxygen atoms in total. The number of aliphatic carboxylic acids is 1. The van der Waals surface area contributed by atoms with E-state index in [9.17, 15) is 9.59 Å². The van der Waals surface area contributed by atoms with E-state index < -0.39 is 11.4 Å². The maximum absolute atomic E-state index is 11.3. The second-order valence-corrected chi connectivity index (χ2v) is 3.59. The number of carboxylic acids is 1. The minimum absolute atomic E-state index is 0.339. The molecule has 0 radical (unpaired) electrons. The molecule has 15 heavy (non-hydrogen) atoms. The van der Waals surface area contributed by atoms with Crippen molar-refractivity contribution in [3.63, 3.8) is 0 Å². The van der Waals surface area contributed by atoms with Gasteiger partial charge in [-0.3, -0.25) is 9.59 Å². The molecule has 0 heterocycles. The number of hydrogen-bond acceptors (Lipinski definition) is 2. The Bertz CT molecular complexity index is 443. The quantitative estimate of drug-likeness (QED) is 0.759. The molecule has 0 amide bonds. The van der Waals surface area contributed by atoms with Crippen LogP contribution in [0.15, 0.2) is 36.4 Å². The Balaban J connectivity index is 2.35. The van der Waals surface area contributed by atoms with E-state index in [2.05, 4.69) is 0 Å². The first kappa shape index (κ1) is 9.65. The predicted molar refractivity (Wildman–Crippen MR) is 55.2 cm³/mol. The number of carbonyl (C=O) groups is 2. The summed E-state index contributed by atoms with van der Waals surface area (Å²) in [5.41, 5.74) is 0.0413. The molecule has 76 valence electrons. The van der Waals surface area contributed by atoms with Crippen molar-refractivity contribution >= 4 is 17.3 Å². The van der Waals surface area contributed by atoms with E-state index in [-0.39, 0.29) is 5.78 Å². The van der Waals surface area contributed by atoms with Gasteiger partial charge in [0.2, 0.25) is 0 Å². The average Bonchev–Trinajstić information content (AvgIpc) is 2.95. The number of hydrogen-bond donors (Lipinski definition) is 1. The van der Waals surface area contributed by atoms with Gasteiger partial charge in [0.25, 0.3) is 0 Å². The van der Waals surface area contributed by atoms with E-state index in [4.69, 9.17) is 5.11 Å². The van der Waals surface area contributed by atoms with Crippen LogP contribution in [-0.2, 0) is 9.59 Å². The Kier molecular flexibility index (Phi) is 1.96. The van der Waals surface area contributed by atoms with Gasteiger partial charge in [0, 0.05) is 0 Å². The van der Waals surface area contributed by atoms with Gasteiger partial charge in [0.1, 0.15) is 0 Å². The summed E-state index contributed by atoms with van der Waals surface area (Å²) < 4.78 is 0. The van der Waals surface area contributed by atoms with Crippen LogP contribution < -0.4 is 0 Å². The standard InChI is InChI=1S/C12H10O3/c1-8(13)12(11(14)15)7-10(12)9-5-3-2-4-6-9/h2-7H,1H3,(H,14,15). The number of carboxylic acid groups (broad SMARTS) is 1. The molecule has 0 saturated carbocycles. The second-order valence-electron chi connectivity index (χ2n) is 3.59. The van der Waals surface area contributed by atoms with E-state index in [0.717, 1.165) is 5.56 Å². The largest absolute Gasteiger partial charge is 0.480 e. The van der Waals surface area contributed by atoms with Crippen molar-refractivity contribution in [1.29, 1.82) is 0 Å². The molecule has 0 bridgehead atoms. The van der Waals surface area contributed by atoms with Crippen molar-refractivity contribution in [2.75, 3.05) is 0 Å². The lowest BCUT2D eigenvalue weighted by Crippen LogP contribution is -2.26. The van der Waals surface area contributed by atoms with Crippen LogP contribution in [-0.4, -0.2) is 16.9 Å². The maximum atomic E-state index is 11.3. The highest BCUT2D eigenvalue weighted by molar-refractivity contribution is 6.23. The Morgan fingerprint density at radius 2 is 1.80 bits per heavy atom. The lowest BCUT2D eigenvalue weighted by atomic mass is 9.92. The Labute approximate surface area is 87.0 Å². The van der Waals surface area contributed by atoms with Crippen LogP contribution in [0.3, 0.4) is 0 Å². The summed E-state index contributed by atoms with van der Waals surface area (Å²) >= 11 is 0. The first-order valence-corrected chi connectivity index (χ1v) is 4.62. The summed E-state index contributed by atoms with van der Waals surface area (Å²) in [6.45, 7) is 1.31. The fourth-order valence-corrected chi connectivity index (χ4v) is 1.73. The molecule has 1 aliphatic carbocycles. The smallest absolute Gasteiger partial charge is 0.325 e. The van der Waals surface area contributed by atoms with E-state index in [1.807, 2.05) is 18.2 Å². The molecule has 0 saturated heterocycles. The molecule has 0 aliphatic heterocycles. The van der Waals surface area contributed by atoms with Crippen molar-refractivity contribution in [3.8, 4) is 0 Å². The first-order valence-electron chi connectivity index (χ1n) is 4.62. The number of ketones is 1. The maximum Gasteiger partial charge on any atom is 0.325 e. The predicted octanol–water partition coefficient (Wildman–Crippen LogP) is 1.74. The van der Waals surface area contributed by atoms with Gasteiger partial charge in [-0.05, 0) is 24.1 Å². The average molecular weight is 202 g/mol. The molecule has 2 rings (SSSR count). The van der Waals surface area contributed by atoms with Crippen LogP contribution in [0, 0.1) is 5.41 Å². The molecule has 1 aliphatic rings. The summed E-state index contributed by atoms with van der Waals surface area (Å²) in [6.07, 6.45) is 1.51. The highest BCUT2D eigenvalue weighted by Gasteiger charge is 2.55. The zero-order chi connectivity index (χ0) is 11.1. The zero-order valence-electron chi connectivity index (χ0n) is 8.23. The van der Waals surface area contributed by atoms with E-state index in [1.165, 1.54) is 13.0 Å². The van der Waals surface area contributed by atoms with Gasteiger partial charge < -0.3 is 5.11 Å².